The highest BCUT2D eigenvalue weighted by atomic mass is 32.3. The van der Waals surface area contributed by atoms with Gasteiger partial charge in [0.15, 0.2) is 0 Å². The zero-order chi connectivity index (χ0) is 36.1. The van der Waals surface area contributed by atoms with Gasteiger partial charge in [-0.3, -0.25) is 28.3 Å². The second-order valence-electron chi connectivity index (χ2n) is 17.4. The highest BCUT2D eigenvalue weighted by molar-refractivity contribution is 8.25. The van der Waals surface area contributed by atoms with E-state index in [0.29, 0.717) is 50.8 Å². The molecule has 4 saturated carbocycles. The standard InChI is InChI=1S/C37H61N5O7S/c1-5-13-25(29(43)32(45)38-23-15-16-23)39-31(44)28-27-24(35(27,2)3)22-42(28)33(46)30(36(4)17-8-6-9-18-36)40-34(47)41-37(19-10-7-11-20-37)26-14-12-21-50(26,48)49/h23-28,30,48-49H,5-22H2,1-4H3,(H,38,45)(H,39,44)(H2,40,41,47). The molecule has 13 heteroatoms. The van der Waals surface area contributed by atoms with Gasteiger partial charge in [-0.05, 0) is 80.5 Å². The first-order valence-electron chi connectivity index (χ1n) is 19.4. The first-order chi connectivity index (χ1) is 23.6. The summed E-state index contributed by atoms with van der Waals surface area (Å²) < 4.78 is 22.0. The number of hydrogen-bond donors (Lipinski definition) is 6. The van der Waals surface area contributed by atoms with Crippen LogP contribution in [0.1, 0.15) is 130 Å². The molecule has 0 aromatic rings. The molecule has 6 fully saturated rings. The number of carbonyl (C=O) groups excluding carboxylic acids is 5. The quantitative estimate of drug-likeness (QED) is 0.156. The van der Waals surface area contributed by atoms with Gasteiger partial charge in [-0.2, -0.15) is 10.6 Å². The average Bonchev–Trinajstić information content (AvgIpc) is 3.85. The fourth-order valence-corrected chi connectivity index (χ4v) is 12.6. The van der Waals surface area contributed by atoms with Gasteiger partial charge in [-0.25, -0.2) is 4.79 Å². The predicted molar refractivity (Wildman–Crippen MR) is 192 cm³/mol. The third-order valence-electron chi connectivity index (χ3n) is 13.4. The lowest BCUT2D eigenvalue weighted by Crippen LogP contribution is -2.65. The van der Waals surface area contributed by atoms with Crippen molar-refractivity contribution in [2.24, 2.45) is 22.7 Å². The summed E-state index contributed by atoms with van der Waals surface area (Å²) in [5.41, 5.74) is -1.44. The minimum absolute atomic E-state index is 0.0189. The van der Waals surface area contributed by atoms with Crippen molar-refractivity contribution in [3.63, 3.8) is 0 Å². The van der Waals surface area contributed by atoms with E-state index in [9.17, 15) is 33.1 Å². The van der Waals surface area contributed by atoms with E-state index in [1.54, 1.807) is 4.90 Å². The molecular formula is C37H61N5O7S. The van der Waals surface area contributed by atoms with Crippen molar-refractivity contribution < 1.29 is 33.1 Å². The molecule has 0 aromatic heterocycles. The summed E-state index contributed by atoms with van der Waals surface area (Å²) >= 11 is 0. The highest BCUT2D eigenvalue weighted by Gasteiger charge is 2.70. The number of nitrogens with one attached hydrogen (secondary N) is 4. The third-order valence-corrected chi connectivity index (χ3v) is 15.9. The average molecular weight is 720 g/mol. The molecule has 5 amide bonds. The van der Waals surface area contributed by atoms with Crippen LogP contribution in [0.15, 0.2) is 0 Å². The number of carbonyl (C=O) groups is 5. The SMILES string of the molecule is CCCC(NC(=O)C1C2C(CN1C(=O)C(NC(=O)NC1(C3CCCS3(O)O)CCCCC1)C1(C)CCCCC1)C2(C)C)C(=O)C(=O)NC1CC1. The minimum atomic E-state index is -2.85. The number of urea groups is 1. The molecule has 6 rings (SSSR count). The fraction of sp³-hybridized carbons (Fsp3) is 0.865. The van der Waals surface area contributed by atoms with E-state index in [0.717, 1.165) is 64.2 Å². The van der Waals surface area contributed by atoms with E-state index < -0.39 is 68.5 Å². The number of likely N-dealkylation sites (tertiary alicyclic amines) is 1. The lowest BCUT2D eigenvalue weighted by Gasteiger charge is -2.50. The van der Waals surface area contributed by atoms with E-state index in [-0.39, 0.29) is 29.2 Å². The second kappa shape index (κ2) is 14.2. The van der Waals surface area contributed by atoms with Crippen LogP contribution in [0.3, 0.4) is 0 Å². The van der Waals surface area contributed by atoms with E-state index in [1.165, 1.54) is 0 Å². The summed E-state index contributed by atoms with van der Waals surface area (Å²) in [6.07, 6.45) is 12.5. The van der Waals surface area contributed by atoms with Gasteiger partial charge in [-0.1, -0.05) is 72.6 Å². The van der Waals surface area contributed by atoms with Gasteiger partial charge < -0.3 is 26.2 Å². The minimum Gasteiger partial charge on any atom is -0.347 e. The van der Waals surface area contributed by atoms with Gasteiger partial charge >= 0.3 is 6.03 Å². The van der Waals surface area contributed by atoms with E-state index >= 15 is 0 Å². The molecule has 12 nitrogen and oxygen atoms in total. The molecule has 6 unspecified atom stereocenters. The van der Waals surface area contributed by atoms with Crippen LogP contribution in [-0.2, 0) is 19.2 Å². The molecule has 6 aliphatic rings. The van der Waals surface area contributed by atoms with E-state index in [4.69, 9.17) is 0 Å². The van der Waals surface area contributed by atoms with Crippen molar-refractivity contribution in [3.8, 4) is 0 Å². The molecule has 0 aromatic carbocycles. The zero-order valence-corrected chi connectivity index (χ0v) is 31.4. The van der Waals surface area contributed by atoms with Crippen LogP contribution in [0.4, 0.5) is 4.79 Å². The third kappa shape index (κ3) is 7.29. The van der Waals surface area contributed by atoms with Crippen LogP contribution in [0.5, 0.6) is 0 Å². The van der Waals surface area contributed by atoms with Crippen LogP contribution in [0, 0.1) is 22.7 Å². The van der Waals surface area contributed by atoms with Crippen LogP contribution >= 0.6 is 10.6 Å². The van der Waals surface area contributed by atoms with Crippen LogP contribution in [-0.4, -0.2) is 90.8 Å². The van der Waals surface area contributed by atoms with Crippen LogP contribution in [0.25, 0.3) is 0 Å². The van der Waals surface area contributed by atoms with Crippen molar-refractivity contribution in [3.05, 3.63) is 0 Å². The summed E-state index contributed by atoms with van der Waals surface area (Å²) in [6.45, 7) is 8.54. The Labute approximate surface area is 299 Å². The molecule has 6 atom stereocenters. The largest absolute Gasteiger partial charge is 0.347 e. The Morgan fingerprint density at radius 2 is 1.50 bits per heavy atom. The number of hydrogen-bond acceptors (Lipinski definition) is 7. The first-order valence-corrected chi connectivity index (χ1v) is 21.2. The lowest BCUT2D eigenvalue weighted by molar-refractivity contribution is -0.146. The maximum Gasteiger partial charge on any atom is 0.315 e. The number of piperidine rings is 1. The zero-order valence-electron chi connectivity index (χ0n) is 30.6. The van der Waals surface area contributed by atoms with Gasteiger partial charge in [0.25, 0.3) is 5.91 Å². The van der Waals surface area contributed by atoms with Crippen molar-refractivity contribution in [2.45, 2.75) is 165 Å². The Bertz CT molecular complexity index is 1340. The van der Waals surface area contributed by atoms with Gasteiger partial charge in [0.05, 0.1) is 16.8 Å². The molecule has 4 aliphatic carbocycles. The highest BCUT2D eigenvalue weighted by Crippen LogP contribution is 2.65. The number of fused-ring (bicyclic) bond motifs is 1. The Balaban J connectivity index is 1.24. The Morgan fingerprint density at radius 3 is 2.08 bits per heavy atom. The topological polar surface area (TPSA) is 177 Å². The Kier molecular flexibility index (Phi) is 10.6. The molecule has 2 heterocycles. The number of ketones is 1. The van der Waals surface area contributed by atoms with E-state index in [1.807, 2.05) is 6.92 Å². The molecule has 6 N–H and O–H groups in total. The molecule has 0 bridgehead atoms. The number of rotatable bonds is 12. The predicted octanol–water partition coefficient (Wildman–Crippen LogP) is 4.86. The van der Waals surface area contributed by atoms with Gasteiger partial charge in [0.1, 0.15) is 12.1 Å². The maximum absolute atomic E-state index is 14.9. The van der Waals surface area contributed by atoms with Gasteiger partial charge in [0.2, 0.25) is 17.6 Å². The monoisotopic (exact) mass is 719 g/mol. The van der Waals surface area contributed by atoms with Crippen molar-refractivity contribution in [1.29, 1.82) is 0 Å². The fourth-order valence-electron chi connectivity index (χ4n) is 10.2. The smallest absolute Gasteiger partial charge is 0.315 e. The van der Waals surface area contributed by atoms with Gasteiger partial charge in [-0.15, -0.1) is 0 Å². The maximum atomic E-state index is 14.9. The number of Topliss-reactive ketones (excluding diaryl/α,β-unsaturated/α-hetero) is 1. The molecule has 0 radical (unpaired) electrons. The first kappa shape index (κ1) is 37.4. The summed E-state index contributed by atoms with van der Waals surface area (Å²) in [5.74, 6) is -1.69. The molecular weight excluding hydrogens is 659 g/mol. The molecule has 2 aliphatic heterocycles. The lowest BCUT2D eigenvalue weighted by atomic mass is 9.70. The summed E-state index contributed by atoms with van der Waals surface area (Å²) in [7, 11) is -2.85. The number of nitrogens with zero attached hydrogens (tertiary/aromatic N) is 1. The molecule has 282 valence electrons. The van der Waals surface area contributed by atoms with Crippen LogP contribution in [0.2, 0.25) is 0 Å². The van der Waals surface area contributed by atoms with Crippen LogP contribution < -0.4 is 21.3 Å². The number of amides is 5. The molecule has 2 saturated heterocycles. The molecule has 50 heavy (non-hydrogen) atoms. The Hall–Kier alpha value is -2.38. The Morgan fingerprint density at radius 1 is 0.860 bits per heavy atom. The second-order valence-corrected chi connectivity index (χ2v) is 19.8. The van der Waals surface area contributed by atoms with Crippen molar-refractivity contribution >= 4 is 40.1 Å². The van der Waals surface area contributed by atoms with E-state index in [2.05, 4.69) is 42.0 Å². The van der Waals surface area contributed by atoms with Crippen molar-refractivity contribution in [1.82, 2.24) is 26.2 Å². The molecule has 0 spiro atoms. The van der Waals surface area contributed by atoms with Crippen molar-refractivity contribution in [2.75, 3.05) is 12.3 Å². The summed E-state index contributed by atoms with van der Waals surface area (Å²) in [5, 5.41) is 11.6. The summed E-state index contributed by atoms with van der Waals surface area (Å²) in [4.78, 5) is 70.8. The van der Waals surface area contributed by atoms with Gasteiger partial charge in [0, 0.05) is 18.3 Å². The summed E-state index contributed by atoms with van der Waals surface area (Å²) in [6, 6.07) is -3.14. The normalized spacial score (nSPS) is 32.1.